The van der Waals surface area contributed by atoms with E-state index < -0.39 is 6.04 Å². The highest BCUT2D eigenvalue weighted by Crippen LogP contribution is 2.33. The van der Waals surface area contributed by atoms with E-state index in [4.69, 9.17) is 9.15 Å². The number of carbonyl (C=O) groups is 2. The first-order valence-electron chi connectivity index (χ1n) is 11.9. The fourth-order valence-electron chi connectivity index (χ4n) is 4.64. The number of benzene rings is 2. The molecular weight excluding hydrogens is 449 g/mol. The molecule has 0 aliphatic carbocycles. The van der Waals surface area contributed by atoms with Crippen LogP contribution in [0.5, 0.6) is 0 Å². The van der Waals surface area contributed by atoms with Crippen LogP contribution in [-0.4, -0.2) is 47.9 Å². The monoisotopic (exact) mass is 477 g/mol. The van der Waals surface area contributed by atoms with Gasteiger partial charge in [0.1, 0.15) is 17.3 Å². The first-order chi connectivity index (χ1) is 17.1. The third-order valence-electron chi connectivity index (χ3n) is 6.52. The Hall–Kier alpha value is -3.49. The van der Waals surface area contributed by atoms with E-state index in [-0.39, 0.29) is 30.6 Å². The number of amides is 2. The van der Waals surface area contributed by atoms with Crippen LogP contribution in [0.1, 0.15) is 45.5 Å². The molecule has 2 aliphatic heterocycles. The van der Waals surface area contributed by atoms with Crippen LogP contribution in [0.4, 0.5) is 4.39 Å². The molecular formula is C27H28FN3O4. The van der Waals surface area contributed by atoms with E-state index in [2.05, 4.69) is 10.2 Å². The van der Waals surface area contributed by atoms with Crippen molar-refractivity contribution in [2.75, 3.05) is 26.3 Å². The number of carbonyl (C=O) groups excluding carboxylic acids is 2. The maximum atomic E-state index is 13.6. The van der Waals surface area contributed by atoms with E-state index in [1.54, 1.807) is 23.1 Å². The summed E-state index contributed by atoms with van der Waals surface area (Å²) in [7, 11) is 0. The Morgan fingerprint density at radius 3 is 2.51 bits per heavy atom. The van der Waals surface area contributed by atoms with Gasteiger partial charge in [0, 0.05) is 25.2 Å². The maximum absolute atomic E-state index is 13.6. The molecule has 0 radical (unpaired) electrons. The van der Waals surface area contributed by atoms with Gasteiger partial charge in [-0.1, -0.05) is 30.3 Å². The van der Waals surface area contributed by atoms with Gasteiger partial charge >= 0.3 is 0 Å². The van der Waals surface area contributed by atoms with Gasteiger partial charge in [0.15, 0.2) is 0 Å². The molecule has 3 heterocycles. The molecule has 2 amide bonds. The molecule has 7 nitrogen and oxygen atoms in total. The van der Waals surface area contributed by atoms with Crippen molar-refractivity contribution in [2.45, 2.75) is 32.1 Å². The van der Waals surface area contributed by atoms with Crippen LogP contribution < -0.4 is 5.32 Å². The highest BCUT2D eigenvalue weighted by Gasteiger charge is 2.34. The summed E-state index contributed by atoms with van der Waals surface area (Å²) in [6.45, 7) is 4.57. The van der Waals surface area contributed by atoms with Crippen molar-refractivity contribution in [3.63, 3.8) is 0 Å². The SMILES string of the molecule is O=C(CC(c1ccc(F)cc1)N1Cc2ccccc2C1=O)NCc1ccc(CN2CCOCC2)o1. The zero-order valence-corrected chi connectivity index (χ0v) is 19.4. The third kappa shape index (κ3) is 5.44. The summed E-state index contributed by atoms with van der Waals surface area (Å²) in [5, 5.41) is 2.91. The minimum atomic E-state index is -0.510. The van der Waals surface area contributed by atoms with Crippen LogP contribution in [0.25, 0.3) is 0 Å². The number of nitrogens with zero attached hydrogens (tertiary/aromatic N) is 2. The second-order valence-electron chi connectivity index (χ2n) is 8.89. The molecule has 182 valence electrons. The number of halogens is 1. The molecule has 1 fully saturated rings. The predicted molar refractivity (Wildman–Crippen MR) is 127 cm³/mol. The number of rotatable bonds is 8. The van der Waals surface area contributed by atoms with E-state index in [9.17, 15) is 14.0 Å². The van der Waals surface area contributed by atoms with Crippen molar-refractivity contribution in [3.05, 3.63) is 94.7 Å². The molecule has 8 heteroatoms. The van der Waals surface area contributed by atoms with Crippen LogP contribution in [0, 0.1) is 5.82 Å². The van der Waals surface area contributed by atoms with Gasteiger partial charge in [-0.15, -0.1) is 0 Å². The fraction of sp³-hybridized carbons (Fsp3) is 0.333. The molecule has 5 rings (SSSR count). The summed E-state index contributed by atoms with van der Waals surface area (Å²) in [5.74, 6) is 0.819. The van der Waals surface area contributed by atoms with Crippen LogP contribution in [0.3, 0.4) is 0 Å². The lowest BCUT2D eigenvalue weighted by Crippen LogP contribution is -2.35. The molecule has 0 spiro atoms. The predicted octanol–water partition coefficient (Wildman–Crippen LogP) is 3.65. The van der Waals surface area contributed by atoms with Crippen molar-refractivity contribution in [2.24, 2.45) is 0 Å². The van der Waals surface area contributed by atoms with E-state index >= 15 is 0 Å². The molecule has 35 heavy (non-hydrogen) atoms. The Kier molecular flexibility index (Phi) is 6.92. The van der Waals surface area contributed by atoms with Gasteiger partial charge in [-0.05, 0) is 41.5 Å². The molecule has 0 bridgehead atoms. The van der Waals surface area contributed by atoms with Crippen molar-refractivity contribution >= 4 is 11.8 Å². The van der Waals surface area contributed by atoms with Crippen LogP contribution in [-0.2, 0) is 29.2 Å². The summed E-state index contributed by atoms with van der Waals surface area (Å²) in [4.78, 5) is 30.0. The van der Waals surface area contributed by atoms with Gasteiger partial charge in [0.05, 0.1) is 38.8 Å². The quantitative estimate of drug-likeness (QED) is 0.536. The number of hydrogen-bond acceptors (Lipinski definition) is 5. The number of furan rings is 1. The van der Waals surface area contributed by atoms with Crippen LogP contribution >= 0.6 is 0 Å². The topological polar surface area (TPSA) is 75.0 Å². The summed E-state index contributed by atoms with van der Waals surface area (Å²) in [6, 6.07) is 16.7. The van der Waals surface area contributed by atoms with Gasteiger partial charge < -0.3 is 19.4 Å². The van der Waals surface area contributed by atoms with Gasteiger partial charge in [-0.25, -0.2) is 4.39 Å². The Labute approximate surface area is 203 Å². The lowest BCUT2D eigenvalue weighted by atomic mass is 10.0. The maximum Gasteiger partial charge on any atom is 0.255 e. The molecule has 1 N–H and O–H groups in total. The molecule has 3 aromatic rings. The normalized spacial score (nSPS) is 16.8. The molecule has 2 aliphatic rings. The van der Waals surface area contributed by atoms with Crippen LogP contribution in [0.15, 0.2) is 65.1 Å². The standard InChI is InChI=1S/C27H28FN3O4/c28-21-7-5-19(6-8-21)25(31-17-20-3-1-2-4-24(20)27(31)33)15-26(32)29-16-22-9-10-23(35-22)18-30-11-13-34-14-12-30/h1-10,25H,11-18H2,(H,29,32). The van der Waals surface area contributed by atoms with Crippen LogP contribution in [0.2, 0.25) is 0 Å². The zero-order chi connectivity index (χ0) is 24.2. The Balaban J connectivity index is 1.24. The smallest absolute Gasteiger partial charge is 0.255 e. The van der Waals surface area contributed by atoms with Crippen molar-refractivity contribution in [3.8, 4) is 0 Å². The number of nitrogens with one attached hydrogen (secondary N) is 1. The average Bonchev–Trinajstić information content (AvgIpc) is 3.46. The third-order valence-corrected chi connectivity index (χ3v) is 6.52. The second-order valence-corrected chi connectivity index (χ2v) is 8.89. The molecule has 2 aromatic carbocycles. The lowest BCUT2D eigenvalue weighted by Gasteiger charge is -2.28. The number of ether oxygens (including phenoxy) is 1. The largest absolute Gasteiger partial charge is 0.463 e. The molecule has 1 unspecified atom stereocenters. The highest BCUT2D eigenvalue weighted by molar-refractivity contribution is 5.98. The van der Waals surface area contributed by atoms with Crippen molar-refractivity contribution in [1.82, 2.24) is 15.1 Å². The lowest BCUT2D eigenvalue weighted by molar-refractivity contribution is -0.122. The first kappa shape index (κ1) is 23.3. The summed E-state index contributed by atoms with van der Waals surface area (Å²) >= 11 is 0. The summed E-state index contributed by atoms with van der Waals surface area (Å²) in [6.07, 6.45) is 0.0622. The molecule has 0 saturated carbocycles. The molecule has 1 aromatic heterocycles. The Morgan fingerprint density at radius 2 is 1.74 bits per heavy atom. The summed E-state index contributed by atoms with van der Waals surface area (Å²) < 4.78 is 24.8. The first-order valence-corrected chi connectivity index (χ1v) is 11.9. The van der Waals surface area contributed by atoms with Gasteiger partial charge in [0.2, 0.25) is 5.91 Å². The Morgan fingerprint density at radius 1 is 1.00 bits per heavy atom. The fourth-order valence-corrected chi connectivity index (χ4v) is 4.64. The number of hydrogen-bond donors (Lipinski definition) is 1. The van der Waals surface area contributed by atoms with E-state index in [1.165, 1.54) is 12.1 Å². The average molecular weight is 478 g/mol. The molecule has 1 saturated heterocycles. The van der Waals surface area contributed by atoms with E-state index in [0.29, 0.717) is 30.0 Å². The van der Waals surface area contributed by atoms with Gasteiger partial charge in [-0.3, -0.25) is 14.5 Å². The van der Waals surface area contributed by atoms with Crippen molar-refractivity contribution < 1.29 is 23.1 Å². The van der Waals surface area contributed by atoms with E-state index in [1.807, 2.05) is 30.3 Å². The second kappa shape index (κ2) is 10.4. The number of fused-ring (bicyclic) bond motifs is 1. The minimum Gasteiger partial charge on any atom is -0.463 e. The highest BCUT2D eigenvalue weighted by atomic mass is 19.1. The van der Waals surface area contributed by atoms with Gasteiger partial charge in [0.25, 0.3) is 5.91 Å². The molecule has 1 atom stereocenters. The van der Waals surface area contributed by atoms with Gasteiger partial charge in [-0.2, -0.15) is 0 Å². The number of morpholine rings is 1. The van der Waals surface area contributed by atoms with E-state index in [0.717, 1.165) is 37.6 Å². The zero-order valence-electron chi connectivity index (χ0n) is 19.4. The summed E-state index contributed by atoms with van der Waals surface area (Å²) in [5.41, 5.74) is 2.28. The minimum absolute atomic E-state index is 0.0622. The Bertz CT molecular complexity index is 1190. The van der Waals surface area contributed by atoms with Crippen molar-refractivity contribution in [1.29, 1.82) is 0 Å².